The minimum absolute atomic E-state index is 0.0507. The summed E-state index contributed by atoms with van der Waals surface area (Å²) >= 11 is 13.8. The molecule has 8 heteroatoms. The zero-order valence-electron chi connectivity index (χ0n) is 17.0. The molecule has 5 nitrogen and oxygen atoms in total. The summed E-state index contributed by atoms with van der Waals surface area (Å²) in [7, 11) is 1.79. The average molecular weight is 473 g/mol. The molecule has 2 aromatic carbocycles. The molecule has 0 radical (unpaired) electrons. The summed E-state index contributed by atoms with van der Waals surface area (Å²) in [4.78, 5) is 15.6. The van der Waals surface area contributed by atoms with Crippen molar-refractivity contribution in [2.75, 3.05) is 7.05 Å². The van der Waals surface area contributed by atoms with Gasteiger partial charge in [-0.05, 0) is 48.2 Å². The summed E-state index contributed by atoms with van der Waals surface area (Å²) in [5, 5.41) is 10.3. The summed E-state index contributed by atoms with van der Waals surface area (Å²) in [5.41, 5.74) is 1.61. The van der Waals surface area contributed by atoms with E-state index in [0.29, 0.717) is 40.1 Å². The highest BCUT2D eigenvalue weighted by Crippen LogP contribution is 2.32. The van der Waals surface area contributed by atoms with E-state index in [1.54, 1.807) is 36.2 Å². The van der Waals surface area contributed by atoms with Gasteiger partial charge in [-0.3, -0.25) is 4.79 Å². The van der Waals surface area contributed by atoms with Crippen LogP contribution in [0, 0.1) is 11.3 Å². The van der Waals surface area contributed by atoms with Gasteiger partial charge in [-0.15, -0.1) is 0 Å². The number of halogens is 2. The van der Waals surface area contributed by atoms with Gasteiger partial charge in [-0.2, -0.15) is 5.26 Å². The fourth-order valence-corrected chi connectivity index (χ4v) is 4.56. The molecule has 160 valence electrons. The molecule has 3 rings (SSSR count). The lowest BCUT2D eigenvalue weighted by atomic mass is 10.1. The van der Waals surface area contributed by atoms with E-state index in [0.717, 1.165) is 5.56 Å². The largest absolute Gasteiger partial charge is 0.340 e. The van der Waals surface area contributed by atoms with Gasteiger partial charge in [0.05, 0.1) is 21.0 Å². The highest BCUT2D eigenvalue weighted by Gasteiger charge is 2.23. The number of aromatic nitrogens is 1. The van der Waals surface area contributed by atoms with Crippen molar-refractivity contribution in [3.8, 4) is 6.07 Å². The number of nitrogens with one attached hydrogen (secondary N) is 1. The zero-order valence-corrected chi connectivity index (χ0v) is 19.3. The number of aryl methyl sites for hydroxylation is 1. The van der Waals surface area contributed by atoms with Crippen molar-refractivity contribution >= 4 is 41.1 Å². The number of carbonyl (C=O) groups excluding carboxylic acids is 1. The number of hydrogen-bond acceptors (Lipinski definition) is 4. The molecular weight excluding hydrogens is 451 g/mol. The van der Waals surface area contributed by atoms with Gasteiger partial charge in [-0.1, -0.05) is 59.6 Å². The Hall–Kier alpha value is -2.43. The molecule has 1 unspecified atom stereocenters. The Morgan fingerprint density at radius 2 is 1.84 bits per heavy atom. The molecular formula is C23H22Cl2N4OS. The Morgan fingerprint density at radius 1 is 1.13 bits per heavy atom. The van der Waals surface area contributed by atoms with Gasteiger partial charge in [-0.25, -0.2) is 4.72 Å². The Morgan fingerprint density at radius 3 is 2.52 bits per heavy atom. The third kappa shape index (κ3) is 6.28. The molecule has 1 heterocycles. The molecule has 0 aliphatic heterocycles. The highest BCUT2D eigenvalue weighted by molar-refractivity contribution is 7.97. The van der Waals surface area contributed by atoms with Gasteiger partial charge in [0.15, 0.2) is 0 Å². The molecule has 3 aromatic rings. The minimum Gasteiger partial charge on any atom is -0.340 e. The topological polar surface area (TPSA) is 61.1 Å². The van der Waals surface area contributed by atoms with E-state index < -0.39 is 6.04 Å². The summed E-state index contributed by atoms with van der Waals surface area (Å²) in [6, 6.07) is 20.4. The van der Waals surface area contributed by atoms with Crippen LogP contribution in [-0.4, -0.2) is 28.5 Å². The van der Waals surface area contributed by atoms with Crippen molar-refractivity contribution < 1.29 is 4.79 Å². The average Bonchev–Trinajstić information content (AvgIpc) is 3.23. The van der Waals surface area contributed by atoms with Crippen molar-refractivity contribution in [3.05, 3.63) is 88.2 Å². The quantitative estimate of drug-likeness (QED) is 0.424. The Labute approximate surface area is 196 Å². The van der Waals surface area contributed by atoms with Crippen LogP contribution in [0.25, 0.3) is 0 Å². The summed E-state index contributed by atoms with van der Waals surface area (Å²) in [6.07, 6.45) is 2.34. The van der Waals surface area contributed by atoms with E-state index in [2.05, 4.69) is 10.8 Å². The van der Waals surface area contributed by atoms with E-state index in [1.165, 1.54) is 11.9 Å². The molecule has 1 amide bonds. The zero-order chi connectivity index (χ0) is 22.2. The smallest absolute Gasteiger partial charge is 0.240 e. The standard InChI is InChI=1S/C23H22Cl2N4OS/c1-28(16-17-7-3-2-4-8-17)23(30)21(12-14-29-13-6-9-18(29)15-26)27-31-22-19(24)10-5-11-20(22)25/h2-11,13,21,27H,12,14,16H2,1H3. The fraction of sp³-hybridized carbons (Fsp3) is 0.217. The van der Waals surface area contributed by atoms with Gasteiger partial charge in [0, 0.05) is 26.3 Å². The van der Waals surface area contributed by atoms with Crippen molar-refractivity contribution in [2.45, 2.75) is 30.4 Å². The second kappa shape index (κ2) is 11.3. The predicted molar refractivity (Wildman–Crippen MR) is 126 cm³/mol. The molecule has 0 aliphatic carbocycles. The normalized spacial score (nSPS) is 11.7. The lowest BCUT2D eigenvalue weighted by molar-refractivity contribution is -0.132. The van der Waals surface area contributed by atoms with Crippen LogP contribution in [0.15, 0.2) is 71.8 Å². The third-order valence-electron chi connectivity index (χ3n) is 4.76. The third-order valence-corrected chi connectivity index (χ3v) is 6.66. The SMILES string of the molecule is CN(Cc1ccccc1)C(=O)C(CCn1cccc1C#N)NSc1c(Cl)cccc1Cl. The second-order valence-electron chi connectivity index (χ2n) is 6.99. The van der Waals surface area contributed by atoms with E-state index in [1.807, 2.05) is 47.2 Å². The molecule has 1 aromatic heterocycles. The number of benzene rings is 2. The van der Waals surface area contributed by atoms with Gasteiger partial charge < -0.3 is 9.47 Å². The predicted octanol–water partition coefficient (Wildman–Crippen LogP) is 5.38. The number of nitrogens with zero attached hydrogens (tertiary/aromatic N) is 3. The maximum absolute atomic E-state index is 13.3. The van der Waals surface area contributed by atoms with Crippen molar-refractivity contribution in [2.24, 2.45) is 0 Å². The first-order valence-corrected chi connectivity index (χ1v) is 11.3. The molecule has 0 spiro atoms. The molecule has 0 fully saturated rings. The van der Waals surface area contributed by atoms with Crippen molar-refractivity contribution in [1.29, 1.82) is 5.26 Å². The number of carbonyl (C=O) groups is 1. The molecule has 0 saturated heterocycles. The van der Waals surface area contributed by atoms with Crippen LogP contribution in [0.2, 0.25) is 10.0 Å². The monoisotopic (exact) mass is 472 g/mol. The summed E-state index contributed by atoms with van der Waals surface area (Å²) < 4.78 is 5.08. The number of amides is 1. The van der Waals surface area contributed by atoms with Gasteiger partial charge >= 0.3 is 0 Å². The van der Waals surface area contributed by atoms with Crippen LogP contribution in [0.1, 0.15) is 17.7 Å². The first kappa shape index (κ1) is 23.2. The van der Waals surface area contributed by atoms with Crippen molar-refractivity contribution in [1.82, 2.24) is 14.2 Å². The van der Waals surface area contributed by atoms with Crippen LogP contribution in [-0.2, 0) is 17.9 Å². The number of nitriles is 1. The minimum atomic E-state index is -0.500. The maximum Gasteiger partial charge on any atom is 0.240 e. The summed E-state index contributed by atoms with van der Waals surface area (Å²) in [5.74, 6) is -0.0507. The molecule has 0 aliphatic rings. The first-order chi connectivity index (χ1) is 15.0. The van der Waals surface area contributed by atoms with Crippen LogP contribution in [0.4, 0.5) is 0 Å². The fourth-order valence-electron chi connectivity index (χ4n) is 3.12. The second-order valence-corrected chi connectivity index (χ2v) is 8.65. The van der Waals surface area contributed by atoms with Crippen molar-refractivity contribution in [3.63, 3.8) is 0 Å². The van der Waals surface area contributed by atoms with E-state index in [4.69, 9.17) is 23.2 Å². The molecule has 31 heavy (non-hydrogen) atoms. The molecule has 1 atom stereocenters. The lowest BCUT2D eigenvalue weighted by Crippen LogP contribution is -2.43. The van der Waals surface area contributed by atoms with Gasteiger partial charge in [0.25, 0.3) is 0 Å². The molecule has 0 saturated carbocycles. The Kier molecular flexibility index (Phi) is 8.44. The number of likely N-dealkylation sites (N-methyl/N-ethyl adjacent to an activating group) is 1. The van der Waals surface area contributed by atoms with Gasteiger partial charge in [0.1, 0.15) is 11.8 Å². The molecule has 1 N–H and O–H groups in total. The number of rotatable bonds is 9. The maximum atomic E-state index is 13.3. The molecule has 0 bridgehead atoms. The highest BCUT2D eigenvalue weighted by atomic mass is 35.5. The van der Waals surface area contributed by atoms with Gasteiger partial charge in [0.2, 0.25) is 5.91 Å². The number of hydrogen-bond donors (Lipinski definition) is 1. The Balaban J connectivity index is 1.74. The van der Waals surface area contributed by atoms with Crippen LogP contribution in [0.3, 0.4) is 0 Å². The van der Waals surface area contributed by atoms with E-state index >= 15 is 0 Å². The van der Waals surface area contributed by atoms with Crippen LogP contribution in [0.5, 0.6) is 0 Å². The first-order valence-electron chi connectivity index (χ1n) is 9.70. The summed E-state index contributed by atoms with van der Waals surface area (Å²) in [6.45, 7) is 1.03. The Bertz CT molecular complexity index is 1040. The van der Waals surface area contributed by atoms with E-state index in [9.17, 15) is 10.1 Å². The van der Waals surface area contributed by atoms with Crippen LogP contribution >= 0.6 is 35.1 Å². The lowest BCUT2D eigenvalue weighted by Gasteiger charge is -2.25. The van der Waals surface area contributed by atoms with Crippen LogP contribution < -0.4 is 4.72 Å². The van der Waals surface area contributed by atoms with E-state index in [-0.39, 0.29) is 5.91 Å².